The Bertz CT molecular complexity index is 656. The van der Waals surface area contributed by atoms with Crippen molar-refractivity contribution in [3.63, 3.8) is 0 Å². The van der Waals surface area contributed by atoms with Crippen molar-refractivity contribution >= 4 is 41.8 Å². The molecule has 2 rings (SSSR count). The smallest absolute Gasteiger partial charge is 0.261 e. The maximum Gasteiger partial charge on any atom is 0.261 e. The molecule has 156 valence electrons. The molecule has 0 saturated heterocycles. The highest BCUT2D eigenvalue weighted by molar-refractivity contribution is 14.0. The molecule has 1 aliphatic heterocycles. The monoisotopic (exact) mass is 500 g/mol. The number of unbranched alkanes of at least 4 members (excludes halogenated alkanes) is 1. The molecule has 2 N–H and O–H groups in total. The molecule has 1 aromatic rings. The third kappa shape index (κ3) is 6.76. The first kappa shape index (κ1) is 24.4. The molecule has 1 aromatic carbocycles. The predicted molar refractivity (Wildman–Crippen MR) is 124 cm³/mol. The number of aliphatic imine (C=N–C) groups is 1. The highest BCUT2D eigenvalue weighted by atomic mass is 127. The number of halogens is 1. The number of nitrogens with zero attached hydrogens (tertiary/aromatic N) is 2. The third-order valence-electron chi connectivity index (χ3n) is 4.76. The lowest BCUT2D eigenvalue weighted by molar-refractivity contribution is 0.0652. The summed E-state index contributed by atoms with van der Waals surface area (Å²) in [7, 11) is 1.77. The first-order valence-corrected chi connectivity index (χ1v) is 9.86. The van der Waals surface area contributed by atoms with Crippen molar-refractivity contribution in [3.8, 4) is 0 Å². The van der Waals surface area contributed by atoms with Gasteiger partial charge in [0, 0.05) is 26.2 Å². The first-order chi connectivity index (χ1) is 12.9. The fourth-order valence-corrected chi connectivity index (χ4v) is 3.13. The van der Waals surface area contributed by atoms with Crippen molar-refractivity contribution in [3.05, 3.63) is 35.4 Å². The first-order valence-electron chi connectivity index (χ1n) is 9.86. The van der Waals surface area contributed by atoms with Crippen molar-refractivity contribution in [1.82, 2.24) is 15.5 Å². The van der Waals surface area contributed by atoms with Gasteiger partial charge in [-0.1, -0.05) is 26.0 Å². The van der Waals surface area contributed by atoms with Crippen LogP contribution in [0.1, 0.15) is 67.2 Å². The van der Waals surface area contributed by atoms with Crippen molar-refractivity contribution in [2.45, 2.75) is 52.5 Å². The van der Waals surface area contributed by atoms with E-state index < -0.39 is 0 Å². The second-order valence-electron chi connectivity index (χ2n) is 7.53. The van der Waals surface area contributed by atoms with Crippen LogP contribution in [0.4, 0.5) is 0 Å². The van der Waals surface area contributed by atoms with Crippen LogP contribution in [-0.2, 0) is 0 Å². The maximum absolute atomic E-state index is 12.3. The lowest BCUT2D eigenvalue weighted by Gasteiger charge is -2.19. The molecule has 7 heteroatoms. The normalized spacial score (nSPS) is 14.8. The molecule has 0 saturated carbocycles. The van der Waals surface area contributed by atoms with E-state index in [1.807, 2.05) is 0 Å². The van der Waals surface area contributed by atoms with Gasteiger partial charge in [0.15, 0.2) is 5.96 Å². The molecule has 0 fully saturated rings. The molecule has 0 bridgehead atoms. The second kappa shape index (κ2) is 12.0. The third-order valence-corrected chi connectivity index (χ3v) is 4.76. The van der Waals surface area contributed by atoms with E-state index in [2.05, 4.69) is 36.4 Å². The molecular formula is C21H33IN4O2. The van der Waals surface area contributed by atoms with E-state index in [1.54, 1.807) is 31.3 Å². The van der Waals surface area contributed by atoms with E-state index >= 15 is 0 Å². The Morgan fingerprint density at radius 1 is 1.04 bits per heavy atom. The largest absolute Gasteiger partial charge is 0.356 e. The number of benzene rings is 1. The van der Waals surface area contributed by atoms with Crippen molar-refractivity contribution in [2.24, 2.45) is 10.9 Å². The number of nitrogens with one attached hydrogen (secondary N) is 2. The van der Waals surface area contributed by atoms with Gasteiger partial charge in [0.05, 0.1) is 11.1 Å². The zero-order chi connectivity index (χ0) is 19.8. The summed E-state index contributed by atoms with van der Waals surface area (Å²) in [5, 5.41) is 6.70. The zero-order valence-corrected chi connectivity index (χ0v) is 19.7. The van der Waals surface area contributed by atoms with Crippen LogP contribution in [0.15, 0.2) is 29.3 Å². The van der Waals surface area contributed by atoms with Crippen LogP contribution in [0.2, 0.25) is 0 Å². The topological polar surface area (TPSA) is 73.8 Å². The van der Waals surface area contributed by atoms with Gasteiger partial charge in [-0.3, -0.25) is 19.5 Å². The summed E-state index contributed by atoms with van der Waals surface area (Å²) in [4.78, 5) is 30.2. The fraction of sp³-hybridized carbons (Fsp3) is 0.571. The molecule has 0 spiro atoms. The lowest BCUT2D eigenvalue weighted by atomic mass is 10.0. The van der Waals surface area contributed by atoms with Crippen LogP contribution in [0, 0.1) is 5.92 Å². The van der Waals surface area contributed by atoms with Crippen LogP contribution < -0.4 is 10.6 Å². The summed E-state index contributed by atoms with van der Waals surface area (Å²) < 4.78 is 0. The highest BCUT2D eigenvalue weighted by Gasteiger charge is 2.34. The molecule has 6 nitrogen and oxygen atoms in total. The molecule has 1 unspecified atom stereocenters. The van der Waals surface area contributed by atoms with Gasteiger partial charge in [-0.2, -0.15) is 0 Å². The molecule has 0 aliphatic carbocycles. The molecule has 2 amide bonds. The standard InChI is InChI=1S/C21H32N4O2.HI/c1-15(2)11-12-16(3)24-21(22-4)23-13-7-8-14-25-19(26)17-9-5-6-10-18(17)20(25)27;/h5-6,9-10,15-16H,7-8,11-14H2,1-4H3,(H2,22,23,24);1H. The van der Waals surface area contributed by atoms with Gasteiger partial charge < -0.3 is 10.6 Å². The molecule has 1 atom stereocenters. The van der Waals surface area contributed by atoms with E-state index in [1.165, 1.54) is 11.3 Å². The number of carbonyl (C=O) groups excluding carboxylic acids is 2. The van der Waals surface area contributed by atoms with Gasteiger partial charge in [0.25, 0.3) is 11.8 Å². The molecule has 0 radical (unpaired) electrons. The quantitative estimate of drug-likeness (QED) is 0.179. The minimum Gasteiger partial charge on any atom is -0.356 e. The van der Waals surface area contributed by atoms with Gasteiger partial charge >= 0.3 is 0 Å². The summed E-state index contributed by atoms with van der Waals surface area (Å²) in [6.07, 6.45) is 3.91. The predicted octanol–water partition coefficient (Wildman–Crippen LogP) is 3.67. The number of guanidine groups is 1. The zero-order valence-electron chi connectivity index (χ0n) is 17.3. The number of carbonyl (C=O) groups is 2. The molecule has 28 heavy (non-hydrogen) atoms. The number of rotatable bonds is 9. The Morgan fingerprint density at radius 2 is 1.64 bits per heavy atom. The summed E-state index contributed by atoms with van der Waals surface area (Å²) in [5.74, 6) is 1.14. The Morgan fingerprint density at radius 3 is 2.18 bits per heavy atom. The number of amides is 2. The lowest BCUT2D eigenvalue weighted by Crippen LogP contribution is -2.42. The van der Waals surface area contributed by atoms with E-state index in [-0.39, 0.29) is 35.8 Å². The van der Waals surface area contributed by atoms with Gasteiger partial charge in [0.1, 0.15) is 0 Å². The number of hydrogen-bond acceptors (Lipinski definition) is 3. The number of fused-ring (bicyclic) bond motifs is 1. The van der Waals surface area contributed by atoms with Crippen molar-refractivity contribution in [1.29, 1.82) is 0 Å². The minimum absolute atomic E-state index is 0. The van der Waals surface area contributed by atoms with E-state index in [9.17, 15) is 9.59 Å². The summed E-state index contributed by atoms with van der Waals surface area (Å²) >= 11 is 0. The van der Waals surface area contributed by atoms with Gasteiger partial charge in [0.2, 0.25) is 0 Å². The Hall–Kier alpha value is -1.64. The second-order valence-corrected chi connectivity index (χ2v) is 7.53. The molecule has 1 aliphatic rings. The average Bonchev–Trinajstić information content (AvgIpc) is 2.90. The molecular weight excluding hydrogens is 467 g/mol. The molecule has 1 heterocycles. The number of hydrogen-bond donors (Lipinski definition) is 2. The minimum atomic E-state index is -0.181. The van der Waals surface area contributed by atoms with Crippen LogP contribution in [-0.4, -0.2) is 48.9 Å². The average molecular weight is 500 g/mol. The molecule has 0 aromatic heterocycles. The Balaban J connectivity index is 0.00000392. The maximum atomic E-state index is 12.3. The van der Waals surface area contributed by atoms with E-state index in [4.69, 9.17) is 0 Å². The van der Waals surface area contributed by atoms with Crippen LogP contribution in [0.25, 0.3) is 0 Å². The Kier molecular flexibility index (Phi) is 10.5. The van der Waals surface area contributed by atoms with Crippen LogP contribution in [0.5, 0.6) is 0 Å². The summed E-state index contributed by atoms with van der Waals surface area (Å²) in [6.45, 7) is 7.82. The summed E-state index contributed by atoms with van der Waals surface area (Å²) in [6, 6.07) is 7.38. The van der Waals surface area contributed by atoms with Gasteiger partial charge in [-0.05, 0) is 50.7 Å². The van der Waals surface area contributed by atoms with Gasteiger partial charge in [-0.25, -0.2) is 0 Å². The summed E-state index contributed by atoms with van der Waals surface area (Å²) in [5.41, 5.74) is 1.03. The van der Waals surface area contributed by atoms with Gasteiger partial charge in [-0.15, -0.1) is 24.0 Å². The SMILES string of the molecule is CN=C(NCCCCN1C(=O)c2ccccc2C1=O)NC(C)CCC(C)C.I. The van der Waals surface area contributed by atoms with E-state index in [0.29, 0.717) is 29.6 Å². The highest BCUT2D eigenvalue weighted by Crippen LogP contribution is 2.22. The van der Waals surface area contributed by atoms with E-state index in [0.717, 1.165) is 31.8 Å². The van der Waals surface area contributed by atoms with Crippen LogP contribution >= 0.6 is 24.0 Å². The van der Waals surface area contributed by atoms with Crippen molar-refractivity contribution < 1.29 is 9.59 Å². The number of imide groups is 1. The fourth-order valence-electron chi connectivity index (χ4n) is 3.13. The Labute approximate surface area is 185 Å². The van der Waals surface area contributed by atoms with Crippen molar-refractivity contribution in [2.75, 3.05) is 20.1 Å². The van der Waals surface area contributed by atoms with Crippen LogP contribution in [0.3, 0.4) is 0 Å².